The van der Waals surface area contributed by atoms with Gasteiger partial charge in [0.2, 0.25) is 0 Å². The number of carbonyl (C=O) groups is 2. The summed E-state index contributed by atoms with van der Waals surface area (Å²) < 4.78 is 0. The van der Waals surface area contributed by atoms with Crippen LogP contribution in [0.3, 0.4) is 0 Å². The van der Waals surface area contributed by atoms with E-state index in [-0.39, 0.29) is 22.2 Å². The Balaban J connectivity index is 1.59. The van der Waals surface area contributed by atoms with Crippen molar-refractivity contribution in [3.8, 4) is 0 Å². The SMILES string of the molecule is O=C(Nc1ccc2c(c1)N(C(=O)c1cccs1)CC2)c1cc([N+](=O)[O-])ccc1Cl. The summed E-state index contributed by atoms with van der Waals surface area (Å²) in [5, 5.41) is 15.6. The number of fused-ring (bicyclic) bond motifs is 1. The van der Waals surface area contributed by atoms with Gasteiger partial charge in [0.05, 0.1) is 20.4 Å². The number of nitro groups is 1. The van der Waals surface area contributed by atoms with Crippen molar-refractivity contribution in [3.05, 3.63) is 85.1 Å². The minimum absolute atomic E-state index is 0.00730. The number of halogens is 1. The molecule has 1 N–H and O–H groups in total. The maximum Gasteiger partial charge on any atom is 0.270 e. The van der Waals surface area contributed by atoms with Crippen molar-refractivity contribution in [2.45, 2.75) is 6.42 Å². The van der Waals surface area contributed by atoms with E-state index in [0.29, 0.717) is 17.1 Å². The topological polar surface area (TPSA) is 92.6 Å². The van der Waals surface area contributed by atoms with Crippen molar-refractivity contribution in [3.63, 3.8) is 0 Å². The lowest BCUT2D eigenvalue weighted by Crippen LogP contribution is -2.28. The first-order valence-electron chi connectivity index (χ1n) is 8.67. The number of rotatable bonds is 4. The Morgan fingerprint density at radius 3 is 2.72 bits per heavy atom. The van der Waals surface area contributed by atoms with E-state index in [4.69, 9.17) is 11.6 Å². The fraction of sp³-hybridized carbons (Fsp3) is 0.100. The van der Waals surface area contributed by atoms with Crippen molar-refractivity contribution in [1.29, 1.82) is 0 Å². The van der Waals surface area contributed by atoms with E-state index < -0.39 is 10.8 Å². The molecule has 29 heavy (non-hydrogen) atoms. The molecule has 0 spiro atoms. The third-order valence-corrected chi connectivity index (χ3v) is 5.81. The molecule has 2 amide bonds. The summed E-state index contributed by atoms with van der Waals surface area (Å²) in [6.45, 7) is 0.570. The number of nitro benzene ring substituents is 1. The molecule has 1 aliphatic heterocycles. The van der Waals surface area contributed by atoms with Gasteiger partial charge in [-0.3, -0.25) is 19.7 Å². The van der Waals surface area contributed by atoms with Crippen molar-refractivity contribution >= 4 is 51.8 Å². The molecule has 0 unspecified atom stereocenters. The molecule has 0 saturated heterocycles. The number of amides is 2. The van der Waals surface area contributed by atoms with Gasteiger partial charge in [-0.2, -0.15) is 0 Å². The minimum atomic E-state index is -0.587. The highest BCUT2D eigenvalue weighted by molar-refractivity contribution is 7.12. The largest absolute Gasteiger partial charge is 0.322 e. The number of thiophene rings is 1. The summed E-state index contributed by atoms with van der Waals surface area (Å²) in [6, 6.07) is 12.6. The first-order chi connectivity index (χ1) is 13.9. The molecule has 0 aliphatic carbocycles. The highest BCUT2D eigenvalue weighted by Gasteiger charge is 2.26. The van der Waals surface area contributed by atoms with Gasteiger partial charge in [-0.15, -0.1) is 11.3 Å². The van der Waals surface area contributed by atoms with Crippen molar-refractivity contribution in [2.24, 2.45) is 0 Å². The Kier molecular flexibility index (Phi) is 5.04. The molecule has 1 aliphatic rings. The average Bonchev–Trinajstić information content (AvgIpc) is 3.37. The van der Waals surface area contributed by atoms with Gasteiger partial charge in [-0.25, -0.2) is 0 Å². The fourth-order valence-corrected chi connectivity index (χ4v) is 4.08. The Hall–Kier alpha value is -3.23. The number of anilines is 2. The number of carbonyl (C=O) groups excluding carboxylic acids is 2. The predicted molar refractivity (Wildman–Crippen MR) is 112 cm³/mol. The Bertz CT molecular complexity index is 1130. The van der Waals surface area contributed by atoms with E-state index in [1.165, 1.54) is 23.5 Å². The van der Waals surface area contributed by atoms with Crippen LogP contribution in [0.1, 0.15) is 25.6 Å². The summed E-state index contributed by atoms with van der Waals surface area (Å²) in [4.78, 5) is 38.1. The normalized spacial score (nSPS) is 12.5. The summed E-state index contributed by atoms with van der Waals surface area (Å²) >= 11 is 7.42. The summed E-state index contributed by atoms with van der Waals surface area (Å²) in [6.07, 6.45) is 0.734. The number of nitrogens with zero attached hydrogens (tertiary/aromatic N) is 2. The lowest BCUT2D eigenvalue weighted by molar-refractivity contribution is -0.384. The molecule has 2 heterocycles. The van der Waals surface area contributed by atoms with Crippen molar-refractivity contribution < 1.29 is 14.5 Å². The second-order valence-electron chi connectivity index (χ2n) is 6.40. The van der Waals surface area contributed by atoms with Crippen LogP contribution in [-0.2, 0) is 6.42 Å². The third-order valence-electron chi connectivity index (χ3n) is 4.62. The molecular weight excluding hydrogens is 414 g/mol. The van der Waals surface area contributed by atoms with Gasteiger partial charge < -0.3 is 10.2 Å². The molecule has 9 heteroatoms. The van der Waals surface area contributed by atoms with Gasteiger partial charge in [0, 0.05) is 30.1 Å². The van der Waals surface area contributed by atoms with Crippen LogP contribution in [0, 0.1) is 10.1 Å². The Labute approximate surface area is 174 Å². The highest BCUT2D eigenvalue weighted by Crippen LogP contribution is 2.33. The van der Waals surface area contributed by atoms with E-state index in [0.717, 1.165) is 23.7 Å². The molecule has 1 aromatic heterocycles. The van der Waals surface area contributed by atoms with Gasteiger partial charge in [0.1, 0.15) is 0 Å². The van der Waals surface area contributed by atoms with E-state index in [2.05, 4.69) is 5.32 Å². The summed E-state index contributed by atoms with van der Waals surface area (Å²) in [5.74, 6) is -0.642. The summed E-state index contributed by atoms with van der Waals surface area (Å²) in [5.41, 5.74) is 2.02. The van der Waals surface area contributed by atoms with Crippen LogP contribution in [-0.4, -0.2) is 23.3 Å². The van der Waals surface area contributed by atoms with E-state index in [1.807, 2.05) is 17.5 Å². The minimum Gasteiger partial charge on any atom is -0.322 e. The highest BCUT2D eigenvalue weighted by atomic mass is 35.5. The van der Waals surface area contributed by atoms with Crippen LogP contribution in [0.5, 0.6) is 0 Å². The second-order valence-corrected chi connectivity index (χ2v) is 7.76. The number of hydrogen-bond acceptors (Lipinski definition) is 5. The van der Waals surface area contributed by atoms with Crippen LogP contribution in [0.2, 0.25) is 5.02 Å². The molecule has 0 bridgehead atoms. The first-order valence-corrected chi connectivity index (χ1v) is 9.93. The predicted octanol–water partition coefficient (Wildman–Crippen LogP) is 4.76. The zero-order valence-electron chi connectivity index (χ0n) is 14.9. The van der Waals surface area contributed by atoms with E-state index in [9.17, 15) is 19.7 Å². The molecule has 0 saturated carbocycles. The van der Waals surface area contributed by atoms with Gasteiger partial charge in [-0.1, -0.05) is 23.7 Å². The molecule has 0 fully saturated rings. The number of non-ortho nitro benzene ring substituents is 1. The van der Waals surface area contributed by atoms with Crippen LogP contribution in [0.4, 0.5) is 17.1 Å². The molecule has 146 valence electrons. The number of hydrogen-bond donors (Lipinski definition) is 1. The van der Waals surface area contributed by atoms with Crippen LogP contribution < -0.4 is 10.2 Å². The maximum atomic E-state index is 12.7. The standard InChI is InChI=1S/C20H14ClN3O4S/c21-16-6-5-14(24(27)28)11-15(16)19(25)22-13-4-3-12-7-8-23(17(12)10-13)20(26)18-2-1-9-29-18/h1-6,9-11H,7-8H2,(H,22,25). The zero-order valence-corrected chi connectivity index (χ0v) is 16.5. The molecule has 2 aromatic carbocycles. The van der Waals surface area contributed by atoms with Gasteiger partial charge >= 0.3 is 0 Å². The molecular formula is C20H14ClN3O4S. The molecule has 0 radical (unpaired) electrons. The van der Waals surface area contributed by atoms with Gasteiger partial charge in [0.25, 0.3) is 17.5 Å². The van der Waals surface area contributed by atoms with Crippen molar-refractivity contribution in [1.82, 2.24) is 0 Å². The Morgan fingerprint density at radius 2 is 2.00 bits per heavy atom. The zero-order chi connectivity index (χ0) is 20.5. The average molecular weight is 428 g/mol. The number of benzene rings is 2. The molecule has 7 nitrogen and oxygen atoms in total. The first kappa shape index (κ1) is 19.1. The maximum absolute atomic E-state index is 12.7. The van der Waals surface area contributed by atoms with Crippen LogP contribution in [0.15, 0.2) is 53.9 Å². The van der Waals surface area contributed by atoms with E-state index >= 15 is 0 Å². The third kappa shape index (κ3) is 3.72. The molecule has 3 aromatic rings. The van der Waals surface area contributed by atoms with Crippen LogP contribution >= 0.6 is 22.9 Å². The lowest BCUT2D eigenvalue weighted by atomic mass is 10.1. The van der Waals surface area contributed by atoms with Gasteiger partial charge in [-0.05, 0) is 41.6 Å². The monoisotopic (exact) mass is 427 g/mol. The number of nitrogens with one attached hydrogen (secondary N) is 1. The quantitative estimate of drug-likeness (QED) is 0.479. The molecule has 0 atom stereocenters. The summed E-state index contributed by atoms with van der Waals surface area (Å²) in [7, 11) is 0. The van der Waals surface area contributed by atoms with Crippen LogP contribution in [0.25, 0.3) is 0 Å². The lowest BCUT2D eigenvalue weighted by Gasteiger charge is -2.17. The second kappa shape index (κ2) is 7.65. The molecule has 4 rings (SSSR count). The fourth-order valence-electron chi connectivity index (χ4n) is 3.20. The Morgan fingerprint density at radius 1 is 1.17 bits per heavy atom. The van der Waals surface area contributed by atoms with Gasteiger partial charge in [0.15, 0.2) is 0 Å². The van der Waals surface area contributed by atoms with E-state index in [1.54, 1.807) is 23.1 Å². The smallest absolute Gasteiger partial charge is 0.270 e. The van der Waals surface area contributed by atoms with Crippen molar-refractivity contribution in [2.75, 3.05) is 16.8 Å².